The number of benzene rings is 1. The molecule has 1 unspecified atom stereocenters. The molecule has 0 radical (unpaired) electrons. The van der Waals surface area contributed by atoms with Crippen LogP contribution in [0.4, 0.5) is 0 Å². The fraction of sp³-hybridized carbons (Fsp3) is 0.364. The van der Waals surface area contributed by atoms with Crippen LogP contribution in [-0.4, -0.2) is 14.2 Å². The Morgan fingerprint density at radius 3 is 2.88 bits per heavy atom. The average molecular weight is 236 g/mol. The van der Waals surface area contributed by atoms with Crippen LogP contribution in [0.25, 0.3) is 0 Å². The number of nitriles is 1. The molecule has 84 valence electrons. The highest BCUT2D eigenvalue weighted by Crippen LogP contribution is 2.27. The highest BCUT2D eigenvalue weighted by Gasteiger charge is 2.23. The molecule has 1 aliphatic heterocycles. The van der Waals surface area contributed by atoms with Crippen LogP contribution < -0.4 is 5.73 Å². The van der Waals surface area contributed by atoms with Gasteiger partial charge in [-0.05, 0) is 30.0 Å². The van der Waals surface area contributed by atoms with Crippen molar-refractivity contribution in [1.29, 1.82) is 5.26 Å². The highest BCUT2D eigenvalue weighted by molar-refractivity contribution is 7.91. The Labute approximate surface area is 94.6 Å². The summed E-state index contributed by atoms with van der Waals surface area (Å²) < 4.78 is 23.5. The van der Waals surface area contributed by atoms with Crippen LogP contribution in [0.1, 0.15) is 23.6 Å². The Hall–Kier alpha value is -1.38. The van der Waals surface area contributed by atoms with Gasteiger partial charge in [0.1, 0.15) is 6.04 Å². The molecule has 0 saturated heterocycles. The van der Waals surface area contributed by atoms with Gasteiger partial charge in [-0.3, -0.25) is 0 Å². The molecule has 0 fully saturated rings. The van der Waals surface area contributed by atoms with E-state index in [4.69, 9.17) is 11.0 Å². The van der Waals surface area contributed by atoms with Crippen molar-refractivity contribution in [1.82, 2.24) is 0 Å². The summed E-state index contributed by atoms with van der Waals surface area (Å²) >= 11 is 0. The summed E-state index contributed by atoms with van der Waals surface area (Å²) in [6, 6.07) is 6.17. The molecule has 1 atom stereocenters. The van der Waals surface area contributed by atoms with Gasteiger partial charge in [0.15, 0.2) is 9.84 Å². The summed E-state index contributed by atoms with van der Waals surface area (Å²) in [6.45, 7) is 0. The highest BCUT2D eigenvalue weighted by atomic mass is 32.2. The van der Waals surface area contributed by atoms with Gasteiger partial charge in [0.05, 0.1) is 16.7 Å². The number of hydrogen-bond acceptors (Lipinski definition) is 4. The third-order valence-electron chi connectivity index (χ3n) is 2.78. The van der Waals surface area contributed by atoms with Crippen molar-refractivity contribution in [3.05, 3.63) is 29.3 Å². The van der Waals surface area contributed by atoms with Crippen molar-refractivity contribution in [3.63, 3.8) is 0 Å². The minimum absolute atomic E-state index is 0.212. The van der Waals surface area contributed by atoms with Gasteiger partial charge < -0.3 is 5.73 Å². The molecule has 0 amide bonds. The van der Waals surface area contributed by atoms with E-state index in [2.05, 4.69) is 0 Å². The normalized spacial score (nSPS) is 19.5. The maximum absolute atomic E-state index is 11.7. The molecule has 1 aliphatic rings. The van der Waals surface area contributed by atoms with Gasteiger partial charge in [-0.2, -0.15) is 5.26 Å². The van der Waals surface area contributed by atoms with Gasteiger partial charge in [0, 0.05) is 0 Å². The van der Waals surface area contributed by atoms with Crippen LogP contribution in [0.3, 0.4) is 0 Å². The first-order valence-electron chi connectivity index (χ1n) is 5.05. The molecule has 2 rings (SSSR count). The molecule has 4 nitrogen and oxygen atoms in total. The molecule has 0 aromatic heterocycles. The first-order chi connectivity index (χ1) is 7.54. The third-order valence-corrected chi connectivity index (χ3v) is 4.67. The molecular formula is C11H12N2O2S. The lowest BCUT2D eigenvalue weighted by atomic mass is 10.0. The monoisotopic (exact) mass is 236 g/mol. The third kappa shape index (κ3) is 1.82. The molecule has 1 heterocycles. The minimum Gasteiger partial charge on any atom is -0.312 e. The van der Waals surface area contributed by atoms with E-state index in [1.807, 2.05) is 6.07 Å². The lowest BCUT2D eigenvalue weighted by Crippen LogP contribution is -2.17. The predicted molar refractivity (Wildman–Crippen MR) is 59.4 cm³/mol. The molecule has 0 aliphatic carbocycles. The van der Waals surface area contributed by atoms with E-state index < -0.39 is 15.9 Å². The van der Waals surface area contributed by atoms with Gasteiger partial charge in [-0.15, -0.1) is 0 Å². The standard InChI is InChI=1S/C11H12N2O2S/c12-7-10(13)8-3-4-11-9(6-8)2-1-5-16(11,14)15/h3-4,6,10H,1-2,5,13H2. The topological polar surface area (TPSA) is 83.9 Å². The summed E-state index contributed by atoms with van der Waals surface area (Å²) in [5.41, 5.74) is 7.05. The largest absolute Gasteiger partial charge is 0.312 e. The second-order valence-electron chi connectivity index (χ2n) is 3.90. The van der Waals surface area contributed by atoms with E-state index in [1.54, 1.807) is 18.2 Å². The number of aryl methyl sites for hydroxylation is 1. The zero-order chi connectivity index (χ0) is 11.8. The van der Waals surface area contributed by atoms with Crippen molar-refractivity contribution in [2.75, 3.05) is 5.75 Å². The zero-order valence-corrected chi connectivity index (χ0v) is 9.50. The van der Waals surface area contributed by atoms with E-state index in [0.717, 1.165) is 12.0 Å². The Kier molecular flexibility index (Phi) is 2.70. The Balaban J connectivity index is 2.53. The van der Waals surface area contributed by atoms with Crippen LogP contribution >= 0.6 is 0 Å². The van der Waals surface area contributed by atoms with Gasteiger partial charge in [0.2, 0.25) is 0 Å². The van der Waals surface area contributed by atoms with Gasteiger partial charge in [0.25, 0.3) is 0 Å². The Bertz CT molecular complexity index is 558. The van der Waals surface area contributed by atoms with E-state index in [1.165, 1.54) is 0 Å². The number of hydrogen-bond donors (Lipinski definition) is 1. The van der Waals surface area contributed by atoms with Crippen molar-refractivity contribution < 1.29 is 8.42 Å². The lowest BCUT2D eigenvalue weighted by Gasteiger charge is -2.17. The second kappa shape index (κ2) is 3.89. The number of fused-ring (bicyclic) bond motifs is 1. The van der Waals surface area contributed by atoms with Crippen molar-refractivity contribution in [3.8, 4) is 6.07 Å². The van der Waals surface area contributed by atoms with Gasteiger partial charge in [-0.25, -0.2) is 8.42 Å². The zero-order valence-electron chi connectivity index (χ0n) is 8.68. The second-order valence-corrected chi connectivity index (χ2v) is 5.97. The summed E-state index contributed by atoms with van der Waals surface area (Å²) in [4.78, 5) is 0.396. The number of sulfone groups is 1. The van der Waals surface area contributed by atoms with Crippen LogP contribution in [-0.2, 0) is 16.3 Å². The molecule has 1 aromatic rings. The van der Waals surface area contributed by atoms with Crippen molar-refractivity contribution in [2.24, 2.45) is 5.73 Å². The molecule has 16 heavy (non-hydrogen) atoms. The molecular weight excluding hydrogens is 224 g/mol. The lowest BCUT2D eigenvalue weighted by molar-refractivity contribution is 0.586. The maximum atomic E-state index is 11.7. The van der Waals surface area contributed by atoms with E-state index in [9.17, 15) is 8.42 Å². The minimum atomic E-state index is -3.11. The SMILES string of the molecule is N#CC(N)c1ccc2c(c1)CCCS2(=O)=O. The molecule has 5 heteroatoms. The number of rotatable bonds is 1. The van der Waals surface area contributed by atoms with E-state index >= 15 is 0 Å². The molecule has 0 saturated carbocycles. The van der Waals surface area contributed by atoms with Gasteiger partial charge in [-0.1, -0.05) is 12.1 Å². The smallest absolute Gasteiger partial charge is 0.178 e. The van der Waals surface area contributed by atoms with E-state index in [0.29, 0.717) is 16.9 Å². The Morgan fingerprint density at radius 1 is 1.44 bits per heavy atom. The van der Waals surface area contributed by atoms with Crippen LogP contribution in [0, 0.1) is 11.3 Å². The van der Waals surface area contributed by atoms with Crippen LogP contribution in [0.15, 0.2) is 23.1 Å². The fourth-order valence-electron chi connectivity index (χ4n) is 1.93. The summed E-state index contributed by atoms with van der Waals surface area (Å²) in [5.74, 6) is 0.212. The summed E-state index contributed by atoms with van der Waals surface area (Å²) in [5, 5.41) is 8.70. The maximum Gasteiger partial charge on any atom is 0.178 e. The van der Waals surface area contributed by atoms with Crippen molar-refractivity contribution >= 4 is 9.84 Å². The van der Waals surface area contributed by atoms with Crippen LogP contribution in [0.2, 0.25) is 0 Å². The predicted octanol–water partition coefficient (Wildman–Crippen LogP) is 0.930. The molecule has 0 spiro atoms. The summed E-state index contributed by atoms with van der Waals surface area (Å²) in [6.07, 6.45) is 1.38. The molecule has 1 aromatic carbocycles. The van der Waals surface area contributed by atoms with Crippen molar-refractivity contribution in [2.45, 2.75) is 23.8 Å². The summed E-state index contributed by atoms with van der Waals surface area (Å²) in [7, 11) is -3.11. The molecule has 0 bridgehead atoms. The fourth-order valence-corrected chi connectivity index (χ4v) is 3.51. The quantitative estimate of drug-likeness (QED) is 0.786. The van der Waals surface area contributed by atoms with Crippen LogP contribution in [0.5, 0.6) is 0 Å². The first-order valence-corrected chi connectivity index (χ1v) is 6.70. The molecule has 2 N–H and O–H groups in total. The first kappa shape index (κ1) is 11.1. The Morgan fingerprint density at radius 2 is 2.19 bits per heavy atom. The number of nitrogens with two attached hydrogens (primary N) is 1. The van der Waals surface area contributed by atoms with Gasteiger partial charge >= 0.3 is 0 Å². The average Bonchev–Trinajstić information content (AvgIpc) is 2.27. The number of nitrogens with zero attached hydrogens (tertiary/aromatic N) is 1. The van der Waals surface area contributed by atoms with E-state index in [-0.39, 0.29) is 5.75 Å².